The van der Waals surface area contributed by atoms with Crippen molar-refractivity contribution in [1.29, 1.82) is 0 Å². The van der Waals surface area contributed by atoms with E-state index in [1.54, 1.807) is 0 Å². The lowest BCUT2D eigenvalue weighted by molar-refractivity contribution is -0.00553. The van der Waals surface area contributed by atoms with E-state index < -0.39 is 0 Å². The summed E-state index contributed by atoms with van der Waals surface area (Å²) in [5, 5.41) is 5.51. The quantitative estimate of drug-likeness (QED) is 0.680. The van der Waals surface area contributed by atoms with E-state index in [0.29, 0.717) is 6.54 Å². The van der Waals surface area contributed by atoms with Gasteiger partial charge in [0.2, 0.25) is 0 Å². The molecule has 148 valence electrons. The maximum Gasteiger partial charge on any atom is 0.317 e. The van der Waals surface area contributed by atoms with E-state index in [0.717, 1.165) is 50.1 Å². The van der Waals surface area contributed by atoms with Crippen molar-refractivity contribution in [3.63, 3.8) is 0 Å². The fraction of sp³-hybridized carbons (Fsp3) is 0.320. The predicted octanol–water partition coefficient (Wildman–Crippen LogP) is 4.91. The highest BCUT2D eigenvalue weighted by Gasteiger charge is 2.40. The number of nitrogens with one attached hydrogen (secondary N) is 1. The van der Waals surface area contributed by atoms with Crippen molar-refractivity contribution in [1.82, 2.24) is 10.2 Å². The molecule has 2 heterocycles. The number of benzene rings is 3. The molecule has 0 radical (unpaired) electrons. The van der Waals surface area contributed by atoms with Crippen LogP contribution in [-0.4, -0.2) is 29.6 Å². The van der Waals surface area contributed by atoms with Crippen molar-refractivity contribution in [2.75, 3.05) is 13.1 Å². The molecule has 0 unspecified atom stereocenters. The standard InChI is InChI=1S/C25H26N2O2/c28-24(26-18-21-9-5-8-19-6-1-3-10-22(19)21)27-16-14-25(15-17-27)13-12-20-7-2-4-11-23(20)29-25/h1-11H,12-18H2,(H,26,28). The van der Waals surface area contributed by atoms with Crippen LogP contribution in [0.25, 0.3) is 10.8 Å². The second-order valence-corrected chi connectivity index (χ2v) is 8.18. The molecule has 2 aliphatic heterocycles. The number of amides is 2. The van der Waals surface area contributed by atoms with Crippen LogP contribution < -0.4 is 10.1 Å². The zero-order chi connectivity index (χ0) is 19.7. The molecule has 0 aromatic heterocycles. The number of hydrogen-bond acceptors (Lipinski definition) is 2. The smallest absolute Gasteiger partial charge is 0.317 e. The van der Waals surface area contributed by atoms with E-state index in [9.17, 15) is 4.79 Å². The molecule has 29 heavy (non-hydrogen) atoms. The van der Waals surface area contributed by atoms with Crippen molar-refractivity contribution < 1.29 is 9.53 Å². The van der Waals surface area contributed by atoms with Crippen molar-refractivity contribution in [2.24, 2.45) is 0 Å². The summed E-state index contributed by atoms with van der Waals surface area (Å²) in [6.07, 6.45) is 3.88. The number of carbonyl (C=O) groups is 1. The Kier molecular flexibility index (Phi) is 4.62. The van der Waals surface area contributed by atoms with Crippen molar-refractivity contribution in [3.8, 4) is 5.75 Å². The number of likely N-dealkylation sites (tertiary alicyclic amines) is 1. The third kappa shape index (κ3) is 3.55. The first-order valence-corrected chi connectivity index (χ1v) is 10.5. The summed E-state index contributed by atoms with van der Waals surface area (Å²) < 4.78 is 6.41. The number of urea groups is 1. The highest BCUT2D eigenvalue weighted by molar-refractivity contribution is 5.86. The monoisotopic (exact) mass is 386 g/mol. The predicted molar refractivity (Wildman–Crippen MR) is 115 cm³/mol. The van der Waals surface area contributed by atoms with Crippen LogP contribution in [-0.2, 0) is 13.0 Å². The maximum absolute atomic E-state index is 12.8. The Morgan fingerprint density at radius 3 is 2.59 bits per heavy atom. The SMILES string of the molecule is O=C(NCc1cccc2ccccc12)N1CCC2(CCc3ccccc3O2)CC1. The Hall–Kier alpha value is -3.01. The number of nitrogens with zero attached hydrogens (tertiary/aromatic N) is 1. The summed E-state index contributed by atoms with van der Waals surface area (Å²) >= 11 is 0. The van der Waals surface area contributed by atoms with Gasteiger partial charge in [0.1, 0.15) is 11.4 Å². The normalized spacial score (nSPS) is 17.6. The van der Waals surface area contributed by atoms with Crippen LogP contribution in [0.4, 0.5) is 4.79 Å². The topological polar surface area (TPSA) is 41.6 Å². The lowest BCUT2D eigenvalue weighted by atomic mass is 9.83. The Bertz CT molecular complexity index is 1030. The Morgan fingerprint density at radius 1 is 0.931 bits per heavy atom. The molecule has 3 aromatic carbocycles. The van der Waals surface area contributed by atoms with Crippen molar-refractivity contribution in [3.05, 3.63) is 77.9 Å². The van der Waals surface area contributed by atoms with Crippen LogP contribution in [0.15, 0.2) is 66.7 Å². The molecule has 0 atom stereocenters. The Morgan fingerprint density at radius 2 is 1.69 bits per heavy atom. The molecule has 0 saturated carbocycles. The number of hydrogen-bond donors (Lipinski definition) is 1. The summed E-state index contributed by atoms with van der Waals surface area (Å²) in [6.45, 7) is 2.03. The molecule has 1 saturated heterocycles. The molecule has 5 rings (SSSR count). The van der Waals surface area contributed by atoms with Gasteiger partial charge in [0.05, 0.1) is 0 Å². The minimum Gasteiger partial charge on any atom is -0.487 e. The highest BCUT2D eigenvalue weighted by Crippen LogP contribution is 2.39. The van der Waals surface area contributed by atoms with Gasteiger partial charge in [-0.2, -0.15) is 0 Å². The minimum atomic E-state index is -0.110. The number of carbonyl (C=O) groups excluding carboxylic acids is 1. The summed E-state index contributed by atoms with van der Waals surface area (Å²) in [6, 6.07) is 22.9. The summed E-state index contributed by atoms with van der Waals surface area (Å²) in [7, 11) is 0. The van der Waals surface area contributed by atoms with Crippen LogP contribution in [0.5, 0.6) is 5.75 Å². The third-order valence-electron chi connectivity index (χ3n) is 6.42. The van der Waals surface area contributed by atoms with E-state index in [-0.39, 0.29) is 11.6 Å². The van der Waals surface area contributed by atoms with Gasteiger partial charge in [-0.3, -0.25) is 0 Å². The van der Waals surface area contributed by atoms with Gasteiger partial charge in [0, 0.05) is 32.5 Å². The van der Waals surface area contributed by atoms with E-state index in [4.69, 9.17) is 4.74 Å². The zero-order valence-corrected chi connectivity index (χ0v) is 16.6. The fourth-order valence-electron chi connectivity index (χ4n) is 4.66. The van der Waals surface area contributed by atoms with Gasteiger partial charge >= 0.3 is 6.03 Å². The van der Waals surface area contributed by atoms with Gasteiger partial charge < -0.3 is 15.0 Å². The van der Waals surface area contributed by atoms with Gasteiger partial charge in [-0.1, -0.05) is 60.7 Å². The molecule has 2 aliphatic rings. The number of aryl methyl sites for hydroxylation is 1. The maximum atomic E-state index is 12.8. The van der Waals surface area contributed by atoms with Crippen molar-refractivity contribution >= 4 is 16.8 Å². The fourth-order valence-corrected chi connectivity index (χ4v) is 4.66. The van der Waals surface area contributed by atoms with E-state index in [1.165, 1.54) is 16.3 Å². The second-order valence-electron chi connectivity index (χ2n) is 8.18. The van der Waals surface area contributed by atoms with E-state index in [1.807, 2.05) is 29.2 Å². The zero-order valence-electron chi connectivity index (χ0n) is 16.6. The number of piperidine rings is 1. The number of fused-ring (bicyclic) bond motifs is 2. The van der Waals surface area contributed by atoms with Gasteiger partial charge in [0.15, 0.2) is 0 Å². The molecule has 1 N–H and O–H groups in total. The first-order valence-electron chi connectivity index (χ1n) is 10.5. The first kappa shape index (κ1) is 18.0. The number of para-hydroxylation sites is 1. The average molecular weight is 386 g/mol. The number of rotatable bonds is 2. The van der Waals surface area contributed by atoms with Gasteiger partial charge in [-0.25, -0.2) is 4.79 Å². The third-order valence-corrected chi connectivity index (χ3v) is 6.42. The largest absolute Gasteiger partial charge is 0.487 e. The molecule has 0 aliphatic carbocycles. The van der Waals surface area contributed by atoms with Gasteiger partial charge in [0.25, 0.3) is 0 Å². The number of ether oxygens (including phenoxy) is 1. The summed E-state index contributed by atoms with van der Waals surface area (Å²) in [4.78, 5) is 14.7. The highest BCUT2D eigenvalue weighted by atomic mass is 16.5. The second kappa shape index (κ2) is 7.43. The molecule has 4 heteroatoms. The van der Waals surface area contributed by atoms with E-state index in [2.05, 4.69) is 47.8 Å². The molecule has 1 spiro atoms. The van der Waals surface area contributed by atoms with Gasteiger partial charge in [-0.15, -0.1) is 0 Å². The Balaban J connectivity index is 1.20. The summed E-state index contributed by atoms with van der Waals surface area (Å²) in [5.41, 5.74) is 2.34. The molecule has 4 nitrogen and oxygen atoms in total. The molecule has 1 fully saturated rings. The van der Waals surface area contributed by atoms with Crippen LogP contribution in [0.1, 0.15) is 30.4 Å². The lowest BCUT2D eigenvalue weighted by Crippen LogP contribution is -2.53. The van der Waals surface area contributed by atoms with E-state index >= 15 is 0 Å². The summed E-state index contributed by atoms with van der Waals surface area (Å²) in [5.74, 6) is 1.02. The van der Waals surface area contributed by atoms with Crippen LogP contribution in [0.2, 0.25) is 0 Å². The van der Waals surface area contributed by atoms with Crippen LogP contribution >= 0.6 is 0 Å². The molecular formula is C25H26N2O2. The lowest BCUT2D eigenvalue weighted by Gasteiger charge is -2.44. The minimum absolute atomic E-state index is 0.0176. The Labute approximate surface area is 171 Å². The molecule has 0 bridgehead atoms. The average Bonchev–Trinajstić information content (AvgIpc) is 2.78. The van der Waals surface area contributed by atoms with Crippen LogP contribution in [0.3, 0.4) is 0 Å². The van der Waals surface area contributed by atoms with Crippen LogP contribution in [0, 0.1) is 0 Å². The van der Waals surface area contributed by atoms with Gasteiger partial charge in [-0.05, 0) is 40.8 Å². The molecular weight excluding hydrogens is 360 g/mol. The molecule has 3 aromatic rings. The van der Waals surface area contributed by atoms with Crippen molar-refractivity contribution in [2.45, 2.75) is 37.8 Å². The molecule has 2 amide bonds. The first-order chi connectivity index (χ1) is 14.2.